The average molecular weight is 625 g/mol. The minimum atomic E-state index is -3.71. The lowest BCUT2D eigenvalue weighted by Gasteiger charge is -2.25. The maximum Gasteiger partial charge on any atom is 0.243 e. The Bertz CT molecular complexity index is 1820. The summed E-state index contributed by atoms with van der Waals surface area (Å²) in [5.41, 5.74) is 9.44. The molecule has 1 N–H and O–H groups in total. The molecule has 14 heteroatoms. The lowest BCUT2D eigenvalue weighted by Crippen LogP contribution is -2.33. The third kappa shape index (κ3) is 6.72. The van der Waals surface area contributed by atoms with E-state index >= 15 is 0 Å². The lowest BCUT2D eigenvalue weighted by atomic mass is 9.84. The Labute approximate surface area is 249 Å². The molecule has 1 fully saturated rings. The van der Waals surface area contributed by atoms with E-state index in [1.54, 1.807) is 18.2 Å². The molecule has 9 nitrogen and oxygen atoms in total. The number of anilines is 1. The molecule has 0 spiro atoms. The van der Waals surface area contributed by atoms with Crippen LogP contribution in [0.4, 0.5) is 23.2 Å². The van der Waals surface area contributed by atoms with Gasteiger partial charge in [0, 0.05) is 35.0 Å². The van der Waals surface area contributed by atoms with Crippen LogP contribution in [0.5, 0.6) is 0 Å². The molecule has 1 amide bonds. The summed E-state index contributed by atoms with van der Waals surface area (Å²) in [4.78, 5) is 20.3. The second kappa shape index (κ2) is 12.8. The quantitative estimate of drug-likeness (QED) is 0.0712. The van der Waals surface area contributed by atoms with Crippen LogP contribution in [0.25, 0.3) is 10.4 Å². The van der Waals surface area contributed by atoms with Crippen molar-refractivity contribution in [2.24, 2.45) is 5.11 Å². The summed E-state index contributed by atoms with van der Waals surface area (Å²) < 4.78 is 84.2. The van der Waals surface area contributed by atoms with Crippen molar-refractivity contribution in [3.05, 3.63) is 136 Å². The van der Waals surface area contributed by atoms with Gasteiger partial charge in [0.05, 0.1) is 23.0 Å². The molecule has 1 saturated heterocycles. The normalized spacial score (nSPS) is 17.3. The summed E-state index contributed by atoms with van der Waals surface area (Å²) in [6.45, 7) is 0.244. The highest BCUT2D eigenvalue weighted by Crippen LogP contribution is 2.34. The molecule has 4 aromatic rings. The van der Waals surface area contributed by atoms with Gasteiger partial charge < -0.3 is 5.32 Å². The van der Waals surface area contributed by atoms with E-state index in [0.29, 0.717) is 6.07 Å². The van der Waals surface area contributed by atoms with E-state index in [-0.39, 0.29) is 46.7 Å². The number of amides is 1. The molecule has 0 aliphatic carbocycles. The largest absolute Gasteiger partial charge is 0.324 e. The highest BCUT2D eigenvalue weighted by molar-refractivity contribution is 7.89. The summed E-state index contributed by atoms with van der Waals surface area (Å²) in [6, 6.07) is 13.1. The molecule has 226 valence electrons. The fourth-order valence-corrected chi connectivity index (χ4v) is 6.71. The fourth-order valence-electron chi connectivity index (χ4n) is 5.07. The van der Waals surface area contributed by atoms with E-state index in [1.807, 2.05) is 0 Å². The average Bonchev–Trinajstić information content (AvgIpc) is 3.78. The van der Waals surface area contributed by atoms with Crippen molar-refractivity contribution in [1.82, 2.24) is 9.29 Å². The summed E-state index contributed by atoms with van der Waals surface area (Å²) in [5.74, 6) is -5.48. The van der Waals surface area contributed by atoms with Gasteiger partial charge in [0.1, 0.15) is 29.3 Å². The zero-order valence-corrected chi connectivity index (χ0v) is 23.6. The number of halogens is 4. The highest BCUT2D eigenvalue weighted by atomic mass is 32.2. The molecule has 3 aromatic carbocycles. The number of sulfonamides is 1. The molecule has 1 aromatic heterocycles. The van der Waals surface area contributed by atoms with Gasteiger partial charge >= 0.3 is 0 Å². The van der Waals surface area contributed by atoms with Crippen LogP contribution in [0.2, 0.25) is 0 Å². The first kappa shape index (κ1) is 30.7. The number of rotatable bonds is 11. The van der Waals surface area contributed by atoms with Crippen LogP contribution in [-0.2, 0) is 21.2 Å². The van der Waals surface area contributed by atoms with Crippen molar-refractivity contribution in [3.63, 3.8) is 0 Å². The topological polar surface area (TPSA) is 128 Å². The zero-order valence-electron chi connectivity index (χ0n) is 22.8. The van der Waals surface area contributed by atoms with Gasteiger partial charge in [-0.05, 0) is 65.9 Å². The first-order valence-corrected chi connectivity index (χ1v) is 14.8. The molecule has 4 atom stereocenters. The molecule has 1 aliphatic rings. The standard InChI is InChI=1S/C30H24F4N6O3S/c31-20-8-6-18(7-9-20)28(19-12-21(32)14-22(33)13-19)29(38-39-35)30(41)37-27-16-36-15-26(34)25(27)11-10-23-17-40(23)44(42,43)24-4-2-1-3-5-24/h1-9,12-16,23,28-29H,10-11,17H2,(H,37,41)/t23-,28-,29-,40?/m0/s1. The van der Waals surface area contributed by atoms with E-state index in [1.165, 1.54) is 34.8 Å². The van der Waals surface area contributed by atoms with Crippen LogP contribution in [0, 0.1) is 23.3 Å². The van der Waals surface area contributed by atoms with E-state index in [2.05, 4.69) is 20.3 Å². The van der Waals surface area contributed by atoms with Crippen molar-refractivity contribution in [3.8, 4) is 0 Å². The van der Waals surface area contributed by atoms with Crippen LogP contribution < -0.4 is 5.32 Å². The van der Waals surface area contributed by atoms with Crippen molar-refractivity contribution >= 4 is 21.6 Å². The highest BCUT2D eigenvalue weighted by Gasteiger charge is 2.44. The zero-order chi connectivity index (χ0) is 31.4. The lowest BCUT2D eigenvalue weighted by molar-refractivity contribution is -0.117. The predicted molar refractivity (Wildman–Crippen MR) is 153 cm³/mol. The predicted octanol–water partition coefficient (Wildman–Crippen LogP) is 6.09. The Morgan fingerprint density at radius 3 is 2.32 bits per heavy atom. The number of carbonyl (C=O) groups excluding carboxylic acids is 1. The van der Waals surface area contributed by atoms with Crippen molar-refractivity contribution in [1.29, 1.82) is 0 Å². The molecular weight excluding hydrogens is 600 g/mol. The second-order valence-electron chi connectivity index (χ2n) is 10.1. The third-order valence-corrected chi connectivity index (χ3v) is 9.17. The molecule has 2 heterocycles. The monoisotopic (exact) mass is 624 g/mol. The van der Waals surface area contributed by atoms with Gasteiger partial charge in [-0.2, -0.15) is 4.31 Å². The van der Waals surface area contributed by atoms with E-state index < -0.39 is 57.2 Å². The van der Waals surface area contributed by atoms with E-state index in [0.717, 1.165) is 30.5 Å². The Morgan fingerprint density at radius 2 is 1.66 bits per heavy atom. The Balaban J connectivity index is 1.40. The van der Waals surface area contributed by atoms with Gasteiger partial charge in [-0.15, -0.1) is 0 Å². The third-order valence-electron chi connectivity index (χ3n) is 7.24. The number of carbonyl (C=O) groups is 1. The number of azide groups is 1. The number of hydrogen-bond acceptors (Lipinski definition) is 5. The molecular formula is C30H24F4N6O3S. The Hall–Kier alpha value is -4.78. The second-order valence-corrected chi connectivity index (χ2v) is 12.0. The number of aromatic nitrogens is 1. The summed E-state index contributed by atoms with van der Waals surface area (Å²) in [7, 11) is -3.71. The summed E-state index contributed by atoms with van der Waals surface area (Å²) in [6.07, 6.45) is 2.39. The fraction of sp³-hybridized carbons (Fsp3) is 0.200. The molecule has 1 unspecified atom stereocenters. The summed E-state index contributed by atoms with van der Waals surface area (Å²) >= 11 is 0. The number of pyridine rings is 1. The first-order chi connectivity index (χ1) is 21.1. The van der Waals surface area contributed by atoms with Gasteiger partial charge in [0.15, 0.2) is 0 Å². The maximum absolute atomic E-state index is 15.0. The molecule has 1 aliphatic heterocycles. The van der Waals surface area contributed by atoms with Gasteiger partial charge in [0.25, 0.3) is 0 Å². The van der Waals surface area contributed by atoms with Crippen LogP contribution in [0.15, 0.2) is 95.2 Å². The molecule has 0 radical (unpaired) electrons. The van der Waals surface area contributed by atoms with Crippen molar-refractivity contribution in [2.75, 3.05) is 11.9 Å². The van der Waals surface area contributed by atoms with Crippen LogP contribution >= 0.6 is 0 Å². The van der Waals surface area contributed by atoms with Crippen LogP contribution in [-0.4, -0.2) is 42.2 Å². The first-order valence-electron chi connectivity index (χ1n) is 13.3. The number of hydrogen-bond donors (Lipinski definition) is 1. The minimum Gasteiger partial charge on any atom is -0.324 e. The van der Waals surface area contributed by atoms with E-state index in [4.69, 9.17) is 0 Å². The smallest absolute Gasteiger partial charge is 0.243 e. The van der Waals surface area contributed by atoms with Gasteiger partial charge in [0.2, 0.25) is 15.9 Å². The maximum atomic E-state index is 15.0. The van der Waals surface area contributed by atoms with E-state index in [9.17, 15) is 36.3 Å². The summed E-state index contributed by atoms with van der Waals surface area (Å²) in [5, 5.41) is 6.11. The van der Waals surface area contributed by atoms with Gasteiger partial charge in [-0.1, -0.05) is 35.4 Å². The molecule has 44 heavy (non-hydrogen) atoms. The molecule has 0 bridgehead atoms. The molecule has 0 saturated carbocycles. The van der Waals surface area contributed by atoms with Crippen LogP contribution in [0.3, 0.4) is 0 Å². The number of nitrogens with one attached hydrogen (secondary N) is 1. The number of nitrogens with zero attached hydrogens (tertiary/aromatic N) is 5. The van der Waals surface area contributed by atoms with Gasteiger partial charge in [-0.25, -0.2) is 26.0 Å². The minimum absolute atomic E-state index is 0.0259. The van der Waals surface area contributed by atoms with Gasteiger partial charge in [-0.3, -0.25) is 9.78 Å². The van der Waals surface area contributed by atoms with Crippen molar-refractivity contribution < 1.29 is 30.8 Å². The number of benzene rings is 3. The molecule has 5 rings (SSSR count). The Kier molecular flexibility index (Phi) is 8.95. The SMILES string of the molecule is [N-]=[N+]=N[C@H](C(=O)Nc1cncc(F)c1CC[C@H]1CN1S(=O)(=O)c1ccccc1)[C@@H](c1ccc(F)cc1)c1cc(F)cc(F)c1. The Morgan fingerprint density at radius 1 is 0.977 bits per heavy atom. The van der Waals surface area contributed by atoms with Crippen molar-refractivity contribution in [2.45, 2.75) is 35.7 Å². The van der Waals surface area contributed by atoms with Crippen LogP contribution in [0.1, 0.15) is 29.0 Å².